The van der Waals surface area contributed by atoms with E-state index in [0.29, 0.717) is 48.4 Å². The van der Waals surface area contributed by atoms with Gasteiger partial charge in [0.1, 0.15) is 63.4 Å². The first-order valence-electron chi connectivity index (χ1n) is 29.3. The number of pyridine rings is 1. The number of esters is 2. The van der Waals surface area contributed by atoms with Crippen molar-refractivity contribution in [1.29, 1.82) is 5.41 Å². The number of thioether (sulfide) groups is 1. The zero-order chi connectivity index (χ0) is 65.8. The van der Waals surface area contributed by atoms with Gasteiger partial charge in [0.25, 0.3) is 11.8 Å². The fourth-order valence-corrected chi connectivity index (χ4v) is 11.6. The molecule has 25 nitrogen and oxygen atoms in total. The minimum absolute atomic E-state index is 0. The Balaban J connectivity index is 0.0000118. The number of benzene rings is 2. The molecule has 0 saturated carbocycles. The summed E-state index contributed by atoms with van der Waals surface area (Å²) in [7, 11) is 1.54. The molecule has 3 atom stereocenters. The second kappa shape index (κ2) is 28.3. The fraction of sp³-hybridized carbons (Fsp3) is 0.492. The number of piperidine rings is 1. The Morgan fingerprint density at radius 2 is 1.48 bits per heavy atom. The first-order valence-corrected chi connectivity index (χ1v) is 31.2. The highest BCUT2D eigenvalue weighted by molar-refractivity contribution is 8.00. The number of methoxy groups -OCH3 is 1. The van der Waals surface area contributed by atoms with Crippen LogP contribution in [0.4, 0.5) is 19.5 Å². The van der Waals surface area contributed by atoms with E-state index in [0.717, 1.165) is 27.8 Å². The molecular weight excluding hydrogens is 1330 g/mol. The number of nitrogens with one attached hydrogen (secondary N) is 3. The van der Waals surface area contributed by atoms with Gasteiger partial charge in [0.15, 0.2) is 29.8 Å². The summed E-state index contributed by atoms with van der Waals surface area (Å²) in [4.78, 5) is 111. The second-order valence-corrected chi connectivity index (χ2v) is 28.3. The zero-order valence-electron chi connectivity index (χ0n) is 53.9. The summed E-state index contributed by atoms with van der Waals surface area (Å²) in [6.45, 7) is 24.7. The molecule has 490 valence electrons. The van der Waals surface area contributed by atoms with Crippen LogP contribution in [-0.4, -0.2) is 154 Å². The molecule has 8 rings (SSSR count). The summed E-state index contributed by atoms with van der Waals surface area (Å²) in [5.74, 6) is -2.26. The van der Waals surface area contributed by atoms with Crippen LogP contribution in [0.15, 0.2) is 95.0 Å². The van der Waals surface area contributed by atoms with Gasteiger partial charge in [-0.3, -0.25) is 34.8 Å². The monoisotopic (exact) mass is 1410 g/mol. The Hall–Kier alpha value is -7.86. The maximum absolute atomic E-state index is 14.5. The van der Waals surface area contributed by atoms with Crippen molar-refractivity contribution < 1.29 is 95.4 Å². The van der Waals surface area contributed by atoms with E-state index in [-0.39, 0.29) is 71.8 Å². The van der Waals surface area contributed by atoms with Crippen LogP contribution in [0.25, 0.3) is 10.9 Å². The fourth-order valence-electron chi connectivity index (χ4n) is 9.57. The van der Waals surface area contributed by atoms with Crippen molar-refractivity contribution in [2.75, 3.05) is 31.3 Å². The molecule has 3 aromatic heterocycles. The number of β-lactam (4-membered cyclic amide) rings is 1. The van der Waals surface area contributed by atoms with Crippen LogP contribution in [0.1, 0.15) is 132 Å². The summed E-state index contributed by atoms with van der Waals surface area (Å²) in [6, 6.07) is 14.5. The van der Waals surface area contributed by atoms with Crippen LogP contribution in [-0.2, 0) is 67.4 Å². The summed E-state index contributed by atoms with van der Waals surface area (Å²) in [5, 5.41) is 24.9. The number of rotatable bonds is 17. The lowest BCUT2D eigenvalue weighted by atomic mass is 10.0. The van der Waals surface area contributed by atoms with E-state index in [4.69, 9.17) is 38.4 Å². The number of aromatic nitrogens is 4. The molecule has 0 unspecified atom stereocenters. The summed E-state index contributed by atoms with van der Waals surface area (Å²) in [5.41, 5.74) is -2.04. The molecule has 3 aliphatic heterocycles. The smallest absolute Gasteiger partial charge is 0.416 e. The Morgan fingerprint density at radius 1 is 0.835 bits per heavy atom. The number of likely N-dealkylation sites (tertiary alicyclic amines) is 1. The average molecular weight is 1410 g/mol. The number of anilines is 1. The number of nitrogens with zero attached hydrogens (tertiary/aromatic N) is 8. The molecule has 2 saturated heterocycles. The third-order valence-electron chi connectivity index (χ3n) is 13.7. The lowest BCUT2D eigenvalue weighted by molar-refractivity contribution is -0.687. The molecule has 3 N–H and O–H groups in total. The number of carbonyl (C=O) groups is 7. The van der Waals surface area contributed by atoms with Gasteiger partial charge in [-0.15, -0.1) is 23.1 Å². The third kappa shape index (κ3) is 18.4. The average Bonchev–Trinajstić information content (AvgIpc) is 1.52. The highest BCUT2D eigenvalue weighted by Crippen LogP contribution is 2.41. The largest absolute Gasteiger partial charge is 1.00 e. The van der Waals surface area contributed by atoms with Crippen LogP contribution in [0.3, 0.4) is 0 Å². The van der Waals surface area contributed by atoms with Crippen molar-refractivity contribution in [3.05, 3.63) is 112 Å². The van der Waals surface area contributed by atoms with E-state index in [2.05, 4.69) is 20.8 Å². The predicted octanol–water partition coefficient (Wildman–Crippen LogP) is 6.09. The minimum atomic E-state index is -1.70. The standard InChI is InChI=1S/C63H79N11O14S2.HI/c1-59(2,3)84-54(78)63(13,14)88-69-46(44-36-90-55(66-44)68-56(79)85-60(4,5)6)50(75)67-47-51(76)74-48(53(77)83-34-38-20-24-43(82-15)25-21-38)41(35-89-52(47)74)32-70-28-26-45-40(31-70)29-65-72(45)30-37-18-22-39(23-19-37)49(64)73(58(81)87-62(10,11)12)42-17-16-27-71(33-42)57(80)86-61(7,8)9;/h18-26,28-29,31,36,42,47,52,64H,16-17,27,30,32-35H2,1-15H3,(H-,66,67,68,75,79);1H/b64-49?,69-46-;/t42-,47-,52-;/m1./s1. The SMILES string of the molecule is COc1ccc(COC(=O)C2=C(C[n+]3ccc4c(cnn4Cc4ccc(C(=N)N(C(=O)OC(C)(C)C)[C@@H]5CCCN(C(=O)OC(C)(C)C)C5)cc4)c3)CS[C@@H]3[C@H](NC(=O)/C(=N\OC(C)(C)C(=O)OC(C)(C)C)c4csc(NC(=O)OC(C)(C)C)n4)C(=O)N23)cc1.[I-]. The van der Waals surface area contributed by atoms with Crippen LogP contribution in [0, 0.1) is 5.41 Å². The van der Waals surface area contributed by atoms with Crippen LogP contribution < -0.4 is 43.9 Å². The normalized spacial score (nSPS) is 17.2. The number of ether oxygens (including phenoxy) is 6. The van der Waals surface area contributed by atoms with Gasteiger partial charge in [-0.25, -0.2) is 33.5 Å². The number of oxime groups is 1. The maximum atomic E-state index is 14.5. The van der Waals surface area contributed by atoms with Gasteiger partial charge in [-0.05, 0) is 133 Å². The van der Waals surface area contributed by atoms with Gasteiger partial charge >= 0.3 is 30.2 Å². The number of amidine groups is 1. The van der Waals surface area contributed by atoms with E-state index in [1.165, 1.54) is 40.8 Å². The van der Waals surface area contributed by atoms with E-state index < -0.39 is 93.2 Å². The lowest BCUT2D eigenvalue weighted by Gasteiger charge is -2.49. The number of thiazole rings is 1. The highest BCUT2D eigenvalue weighted by atomic mass is 127. The Labute approximate surface area is 554 Å². The second-order valence-electron chi connectivity index (χ2n) is 26.3. The molecule has 2 fully saturated rings. The van der Waals surface area contributed by atoms with Gasteiger partial charge in [-0.1, -0.05) is 41.6 Å². The molecule has 5 amide bonds. The predicted molar refractivity (Wildman–Crippen MR) is 336 cm³/mol. The summed E-state index contributed by atoms with van der Waals surface area (Å²) in [6.07, 6.45) is 4.64. The van der Waals surface area contributed by atoms with Crippen molar-refractivity contribution in [3.63, 3.8) is 0 Å². The van der Waals surface area contributed by atoms with Gasteiger partial charge in [-0.2, -0.15) is 5.10 Å². The number of amides is 5. The molecular formula is C63H80IN11O14S2. The Bertz CT molecular complexity index is 3620. The Morgan fingerprint density at radius 3 is 2.12 bits per heavy atom. The number of hydrogen-bond acceptors (Lipinski definition) is 20. The van der Waals surface area contributed by atoms with Gasteiger partial charge < -0.3 is 67.5 Å². The topological polar surface area (TPSA) is 289 Å². The van der Waals surface area contributed by atoms with Crippen molar-refractivity contribution in [3.8, 4) is 5.75 Å². The molecule has 91 heavy (non-hydrogen) atoms. The van der Waals surface area contributed by atoms with E-state index in [9.17, 15) is 39.0 Å². The van der Waals surface area contributed by atoms with Crippen LogP contribution >= 0.6 is 23.1 Å². The van der Waals surface area contributed by atoms with Gasteiger partial charge in [0.2, 0.25) is 5.60 Å². The molecule has 0 radical (unpaired) electrons. The number of carbonyl (C=O) groups excluding carboxylic acids is 7. The molecule has 2 aromatic carbocycles. The van der Waals surface area contributed by atoms with Crippen LogP contribution in [0.2, 0.25) is 0 Å². The Kier molecular flexibility index (Phi) is 22.0. The molecule has 0 spiro atoms. The molecule has 3 aliphatic rings. The van der Waals surface area contributed by atoms with E-state index >= 15 is 0 Å². The number of fused-ring (bicyclic) bond motifs is 2. The van der Waals surface area contributed by atoms with Crippen molar-refractivity contribution in [1.82, 2.24) is 34.8 Å². The first kappa shape index (κ1) is 70.6. The van der Waals surface area contributed by atoms with E-state index in [1.807, 2.05) is 39.8 Å². The van der Waals surface area contributed by atoms with E-state index in [1.54, 1.807) is 138 Å². The van der Waals surface area contributed by atoms with Crippen molar-refractivity contribution in [2.24, 2.45) is 5.16 Å². The molecule has 5 aromatic rings. The zero-order valence-corrected chi connectivity index (χ0v) is 57.7. The first-order chi connectivity index (χ1) is 42.0. The molecule has 6 heterocycles. The number of halogens is 1. The molecule has 0 bridgehead atoms. The van der Waals surface area contributed by atoms with Gasteiger partial charge in [0, 0.05) is 41.4 Å². The van der Waals surface area contributed by atoms with Crippen LogP contribution in [0.5, 0.6) is 5.75 Å². The lowest BCUT2D eigenvalue weighted by Crippen LogP contribution is -3.00. The third-order valence-corrected chi connectivity index (χ3v) is 15.8. The summed E-state index contributed by atoms with van der Waals surface area (Å²) < 4.78 is 37.3. The summed E-state index contributed by atoms with van der Waals surface area (Å²) >= 11 is 2.29. The molecule has 28 heteroatoms. The van der Waals surface area contributed by atoms with Crippen molar-refractivity contribution >= 4 is 92.7 Å². The molecule has 0 aliphatic carbocycles. The highest BCUT2D eigenvalue weighted by Gasteiger charge is 2.55. The van der Waals surface area contributed by atoms with Crippen molar-refractivity contribution in [2.45, 2.75) is 175 Å². The maximum Gasteiger partial charge on any atom is 0.416 e. The minimum Gasteiger partial charge on any atom is -1.00 e. The number of hydrogen-bond donors (Lipinski definition) is 3. The van der Waals surface area contributed by atoms with Gasteiger partial charge in [0.05, 0.1) is 36.8 Å². The quantitative estimate of drug-likeness (QED) is 0.0139.